The highest BCUT2D eigenvalue weighted by Crippen LogP contribution is 2.51. The zero-order valence-corrected chi connectivity index (χ0v) is 16.7. The maximum atomic E-state index is 12.6. The van der Waals surface area contributed by atoms with Gasteiger partial charge in [-0.15, -0.1) is 0 Å². The molecule has 0 fully saturated rings. The van der Waals surface area contributed by atoms with Crippen LogP contribution in [0, 0.1) is 17.2 Å². The van der Waals surface area contributed by atoms with E-state index in [1.54, 1.807) is 45.0 Å². The van der Waals surface area contributed by atoms with Crippen LogP contribution in [0.25, 0.3) is 0 Å². The van der Waals surface area contributed by atoms with E-state index in [4.69, 9.17) is 20.0 Å². The van der Waals surface area contributed by atoms with Crippen LogP contribution < -0.4 is 11.1 Å². The van der Waals surface area contributed by atoms with Crippen LogP contribution in [0.3, 0.4) is 0 Å². The Labute approximate surface area is 159 Å². The molecule has 0 aliphatic carbocycles. The van der Waals surface area contributed by atoms with Crippen molar-refractivity contribution in [1.29, 1.82) is 5.26 Å². The highest BCUT2D eigenvalue weighted by Gasteiger charge is 2.26. The minimum Gasteiger partial charge on any atom is -0.368 e. The van der Waals surface area contributed by atoms with E-state index in [-0.39, 0.29) is 25.8 Å². The molecule has 0 saturated carbocycles. The number of amides is 2. The maximum Gasteiger partial charge on any atom is 0.335 e. The van der Waals surface area contributed by atoms with Gasteiger partial charge in [-0.2, -0.15) is 5.26 Å². The molecule has 0 saturated heterocycles. The van der Waals surface area contributed by atoms with Crippen LogP contribution >= 0.6 is 7.60 Å². The number of primary amides is 1. The Morgan fingerprint density at radius 1 is 1.22 bits per heavy atom. The number of rotatable bonds is 11. The Bertz CT molecular complexity index is 720. The average molecular weight is 395 g/mol. The van der Waals surface area contributed by atoms with Crippen molar-refractivity contribution < 1.29 is 23.2 Å². The van der Waals surface area contributed by atoms with Crippen LogP contribution in [0.4, 0.5) is 0 Å². The molecule has 1 aromatic rings. The predicted octanol–water partition coefficient (Wildman–Crippen LogP) is 2.59. The summed E-state index contributed by atoms with van der Waals surface area (Å²) < 4.78 is 23.1. The molecule has 0 spiro atoms. The quantitative estimate of drug-likeness (QED) is 0.554. The molecule has 0 aliphatic rings. The van der Waals surface area contributed by atoms with E-state index < -0.39 is 31.4 Å². The molecule has 9 heteroatoms. The van der Waals surface area contributed by atoms with Crippen molar-refractivity contribution in [2.75, 3.05) is 13.2 Å². The lowest BCUT2D eigenvalue weighted by Gasteiger charge is -2.20. The molecule has 148 valence electrons. The fourth-order valence-corrected chi connectivity index (χ4v) is 4.19. The molecule has 0 unspecified atom stereocenters. The second kappa shape index (κ2) is 10.8. The number of hydrogen-bond acceptors (Lipinski definition) is 6. The van der Waals surface area contributed by atoms with Crippen LogP contribution in [0.15, 0.2) is 24.3 Å². The average Bonchev–Trinajstić information content (AvgIpc) is 2.60. The van der Waals surface area contributed by atoms with Gasteiger partial charge in [0.05, 0.1) is 25.4 Å². The number of nitriles is 1. The van der Waals surface area contributed by atoms with Gasteiger partial charge in [0, 0.05) is 12.0 Å². The van der Waals surface area contributed by atoms with Gasteiger partial charge in [-0.3, -0.25) is 14.2 Å². The molecule has 0 aromatic heterocycles. The third kappa shape index (κ3) is 7.14. The van der Waals surface area contributed by atoms with Crippen LogP contribution in [0.5, 0.6) is 0 Å². The first-order valence-electron chi connectivity index (χ1n) is 8.70. The number of nitrogens with one attached hydrogen (secondary N) is 1. The molecule has 0 aliphatic heterocycles. The largest absolute Gasteiger partial charge is 0.368 e. The van der Waals surface area contributed by atoms with Gasteiger partial charge < -0.3 is 20.1 Å². The summed E-state index contributed by atoms with van der Waals surface area (Å²) in [5.41, 5.74) is 6.33. The van der Waals surface area contributed by atoms with E-state index in [1.807, 2.05) is 6.07 Å². The molecule has 1 rings (SSSR count). The van der Waals surface area contributed by atoms with Crippen molar-refractivity contribution in [2.24, 2.45) is 11.7 Å². The topological polar surface area (TPSA) is 132 Å². The summed E-state index contributed by atoms with van der Waals surface area (Å²) in [6.07, 6.45) is 0.191. The Balaban J connectivity index is 2.85. The maximum absolute atomic E-state index is 12.6. The summed E-state index contributed by atoms with van der Waals surface area (Å²) in [5.74, 6) is -1.58. The molecule has 2 atom stereocenters. The first-order chi connectivity index (χ1) is 12.8. The van der Waals surface area contributed by atoms with Gasteiger partial charge in [-0.25, -0.2) is 0 Å². The van der Waals surface area contributed by atoms with Crippen molar-refractivity contribution in [1.82, 2.24) is 5.32 Å². The Hall–Kier alpha value is -2.20. The highest BCUT2D eigenvalue weighted by molar-refractivity contribution is 7.53. The van der Waals surface area contributed by atoms with Crippen LogP contribution in [-0.2, 0) is 24.6 Å². The van der Waals surface area contributed by atoms with Gasteiger partial charge in [0.2, 0.25) is 5.91 Å². The lowest BCUT2D eigenvalue weighted by molar-refractivity contribution is -0.120. The highest BCUT2D eigenvalue weighted by atomic mass is 31.2. The van der Waals surface area contributed by atoms with E-state index in [0.29, 0.717) is 11.1 Å². The summed E-state index contributed by atoms with van der Waals surface area (Å²) in [6, 6.07) is 7.43. The van der Waals surface area contributed by atoms with Gasteiger partial charge in [0.1, 0.15) is 6.04 Å². The summed E-state index contributed by atoms with van der Waals surface area (Å²) in [5, 5.41) is 11.3. The molecule has 3 N–H and O–H groups in total. The van der Waals surface area contributed by atoms with Crippen molar-refractivity contribution in [2.45, 2.75) is 39.4 Å². The van der Waals surface area contributed by atoms with Crippen molar-refractivity contribution in [3.05, 3.63) is 35.4 Å². The molecule has 2 amide bonds. The molecule has 27 heavy (non-hydrogen) atoms. The number of nitrogens with zero attached hydrogens (tertiary/aromatic N) is 1. The van der Waals surface area contributed by atoms with Gasteiger partial charge in [-0.1, -0.05) is 19.1 Å². The molecule has 0 bridgehead atoms. The van der Waals surface area contributed by atoms with Gasteiger partial charge in [-0.05, 0) is 37.5 Å². The molecular formula is C18H26N3O5P. The fourth-order valence-electron chi connectivity index (χ4n) is 2.49. The third-order valence-electron chi connectivity index (χ3n) is 3.82. The number of carbonyl (C=O) groups is 2. The van der Waals surface area contributed by atoms with E-state index in [0.717, 1.165) is 0 Å². The summed E-state index contributed by atoms with van der Waals surface area (Å²) in [6.45, 7) is 5.68. The van der Waals surface area contributed by atoms with E-state index in [2.05, 4.69) is 5.32 Å². The zero-order valence-electron chi connectivity index (χ0n) is 15.8. The summed E-state index contributed by atoms with van der Waals surface area (Å²) in [4.78, 5) is 23.9. The van der Waals surface area contributed by atoms with Gasteiger partial charge in [0.25, 0.3) is 5.91 Å². The molecule has 0 radical (unpaired) electrons. The standard InChI is InChI=1S/C18H26N3O5P/c1-4-25-27(24,26-5-2)12-14-6-8-15(9-7-14)18(23)21-16(17(20)22)13(3)10-11-19/h6-9,13,16H,4-5,10,12H2,1-3H3,(H2,20,22)(H,21,23)/t13-,16-/m0/s1. The van der Waals surface area contributed by atoms with Crippen LogP contribution in [-0.4, -0.2) is 31.1 Å². The van der Waals surface area contributed by atoms with Gasteiger partial charge >= 0.3 is 7.60 Å². The molecular weight excluding hydrogens is 369 g/mol. The summed E-state index contributed by atoms with van der Waals surface area (Å²) in [7, 11) is -3.23. The van der Waals surface area contributed by atoms with Crippen molar-refractivity contribution >= 4 is 19.4 Å². The third-order valence-corrected chi connectivity index (χ3v) is 5.87. The van der Waals surface area contributed by atoms with E-state index in [1.165, 1.54) is 0 Å². The van der Waals surface area contributed by atoms with E-state index >= 15 is 0 Å². The SMILES string of the molecule is CCOP(=O)(Cc1ccc(C(=O)N[C@H](C(N)=O)[C@@H](C)CC#N)cc1)OCC. The predicted molar refractivity (Wildman–Crippen MR) is 101 cm³/mol. The van der Waals surface area contributed by atoms with Crippen molar-refractivity contribution in [3.8, 4) is 6.07 Å². The fraction of sp³-hybridized carbons (Fsp3) is 0.500. The van der Waals surface area contributed by atoms with Crippen LogP contribution in [0.1, 0.15) is 43.1 Å². The number of carbonyl (C=O) groups excluding carboxylic acids is 2. The molecule has 8 nitrogen and oxygen atoms in total. The second-order valence-corrected chi connectivity index (χ2v) is 8.05. The van der Waals surface area contributed by atoms with E-state index in [9.17, 15) is 14.2 Å². The number of benzene rings is 1. The monoisotopic (exact) mass is 395 g/mol. The molecule has 1 aromatic carbocycles. The number of hydrogen-bond donors (Lipinski definition) is 2. The zero-order chi connectivity index (χ0) is 20.4. The van der Waals surface area contributed by atoms with Crippen molar-refractivity contribution in [3.63, 3.8) is 0 Å². The lowest BCUT2D eigenvalue weighted by Crippen LogP contribution is -2.48. The Kier molecular flexibility index (Phi) is 9.16. The minimum atomic E-state index is -3.23. The van der Waals surface area contributed by atoms with Gasteiger partial charge in [0.15, 0.2) is 0 Å². The Morgan fingerprint density at radius 2 is 1.78 bits per heavy atom. The molecule has 0 heterocycles. The smallest absolute Gasteiger partial charge is 0.335 e. The summed E-state index contributed by atoms with van der Waals surface area (Å²) >= 11 is 0. The lowest BCUT2D eigenvalue weighted by atomic mass is 9.98. The number of nitrogens with two attached hydrogens (primary N) is 1. The first-order valence-corrected chi connectivity index (χ1v) is 10.4. The van der Waals surface area contributed by atoms with Crippen LogP contribution in [0.2, 0.25) is 0 Å². The normalized spacial score (nSPS) is 13.4. The second-order valence-electron chi connectivity index (χ2n) is 5.99. The first kappa shape index (κ1) is 22.8. The Morgan fingerprint density at radius 3 is 2.22 bits per heavy atom. The minimum absolute atomic E-state index is 0.0942.